The number of nitrogens with one attached hydrogen (secondary N) is 2. The molecule has 4 aliphatic rings. The molecule has 20 heavy (non-hydrogen) atoms. The molecule has 0 aliphatic carbocycles. The van der Waals surface area contributed by atoms with Gasteiger partial charge in [0.15, 0.2) is 0 Å². The summed E-state index contributed by atoms with van der Waals surface area (Å²) in [6.45, 7) is 3.27. The predicted octanol–water partition coefficient (Wildman–Crippen LogP) is 0.639. The number of benzene rings is 1. The lowest BCUT2D eigenvalue weighted by Crippen LogP contribution is -2.63. The normalized spacial score (nSPS) is 38.3. The second-order valence-electron chi connectivity index (χ2n) is 6.21. The molecule has 2 bridgehead atoms. The van der Waals surface area contributed by atoms with Crippen LogP contribution in [0.4, 0.5) is 5.69 Å². The number of hydrogen-bond acceptors (Lipinski definition) is 4. The first-order valence-corrected chi connectivity index (χ1v) is 7.37. The Kier molecular flexibility index (Phi) is 2.56. The van der Waals surface area contributed by atoms with E-state index in [0.717, 1.165) is 30.9 Å². The number of nitrogens with two attached hydrogens (primary N) is 1. The van der Waals surface area contributed by atoms with Crippen LogP contribution in [0.15, 0.2) is 24.3 Å². The highest BCUT2D eigenvalue weighted by Gasteiger charge is 2.55. The lowest BCUT2D eigenvalue weighted by Gasteiger charge is -2.50. The number of hydrazine groups is 1. The van der Waals surface area contributed by atoms with E-state index in [1.54, 1.807) is 0 Å². The summed E-state index contributed by atoms with van der Waals surface area (Å²) < 4.78 is 0. The van der Waals surface area contributed by atoms with E-state index in [1.165, 1.54) is 12.8 Å². The first-order valence-electron chi connectivity index (χ1n) is 7.37. The fraction of sp³-hybridized carbons (Fsp3) is 0.533. The molecular formula is C15H20N4O. The van der Waals surface area contributed by atoms with Crippen molar-refractivity contribution < 1.29 is 4.79 Å². The monoisotopic (exact) mass is 272 g/mol. The number of nitrogens with zero attached hydrogens (tertiary/aromatic N) is 1. The first kappa shape index (κ1) is 12.2. The minimum Gasteiger partial charge on any atom is -0.368 e. The number of rotatable bonds is 2. The van der Waals surface area contributed by atoms with Gasteiger partial charge < -0.3 is 16.1 Å². The Bertz CT molecular complexity index is 553. The number of carbonyl (C=O) groups excluding carboxylic acids is 1. The second kappa shape index (κ2) is 4.20. The molecule has 0 spiro atoms. The smallest absolute Gasteiger partial charge is 0.244 e. The number of primary amides is 1. The topological polar surface area (TPSA) is 70.4 Å². The molecule has 1 unspecified atom stereocenters. The van der Waals surface area contributed by atoms with E-state index in [0.29, 0.717) is 5.92 Å². The summed E-state index contributed by atoms with van der Waals surface area (Å²) in [6, 6.07) is 7.97. The van der Waals surface area contributed by atoms with Crippen molar-refractivity contribution in [2.24, 2.45) is 17.6 Å². The lowest BCUT2D eigenvalue weighted by molar-refractivity contribution is -0.130. The number of amides is 1. The summed E-state index contributed by atoms with van der Waals surface area (Å²) >= 11 is 0. The van der Waals surface area contributed by atoms with Gasteiger partial charge in [-0.15, -0.1) is 0 Å². The van der Waals surface area contributed by atoms with Gasteiger partial charge in [0.05, 0.1) is 5.69 Å². The molecule has 1 aromatic carbocycles. The standard InChI is InChI=1S/C15H20N4O/c16-14(20)15(11-3-1-2-4-13(11)17-18-15)12-9-19-7-5-10(12)6-8-19/h1-4,10,12,17-18H,5-9H2,(H2,16,20)/t12-,15?/m1/s1. The van der Waals surface area contributed by atoms with Crippen molar-refractivity contribution >= 4 is 11.6 Å². The second-order valence-corrected chi connectivity index (χ2v) is 6.21. The molecule has 1 aromatic rings. The van der Waals surface area contributed by atoms with Crippen LogP contribution in [0.25, 0.3) is 0 Å². The van der Waals surface area contributed by atoms with Gasteiger partial charge in [0.25, 0.3) is 0 Å². The van der Waals surface area contributed by atoms with E-state index in [1.807, 2.05) is 24.3 Å². The molecule has 5 nitrogen and oxygen atoms in total. The number of para-hydroxylation sites is 1. The van der Waals surface area contributed by atoms with Crippen LogP contribution in [0.2, 0.25) is 0 Å². The average molecular weight is 272 g/mol. The summed E-state index contributed by atoms with van der Waals surface area (Å²) in [5.74, 6) is 0.556. The maximum atomic E-state index is 12.4. The van der Waals surface area contributed by atoms with Crippen LogP contribution in [-0.2, 0) is 10.3 Å². The zero-order valence-electron chi connectivity index (χ0n) is 11.4. The van der Waals surface area contributed by atoms with Gasteiger partial charge in [0, 0.05) is 18.0 Å². The maximum absolute atomic E-state index is 12.4. The van der Waals surface area contributed by atoms with Crippen LogP contribution in [0.1, 0.15) is 18.4 Å². The van der Waals surface area contributed by atoms with E-state index >= 15 is 0 Å². The molecule has 1 amide bonds. The van der Waals surface area contributed by atoms with Crippen molar-refractivity contribution in [1.29, 1.82) is 0 Å². The maximum Gasteiger partial charge on any atom is 0.244 e. The minimum absolute atomic E-state index is 0.249. The largest absolute Gasteiger partial charge is 0.368 e. The van der Waals surface area contributed by atoms with Crippen LogP contribution in [0, 0.1) is 11.8 Å². The molecule has 3 saturated heterocycles. The molecular weight excluding hydrogens is 252 g/mol. The highest BCUT2D eigenvalue weighted by atomic mass is 16.1. The van der Waals surface area contributed by atoms with Gasteiger partial charge in [-0.1, -0.05) is 18.2 Å². The fourth-order valence-corrected chi connectivity index (χ4v) is 4.29. The summed E-state index contributed by atoms with van der Waals surface area (Å²) in [6.07, 6.45) is 2.34. The fourth-order valence-electron chi connectivity index (χ4n) is 4.29. The minimum atomic E-state index is -0.764. The molecule has 4 aliphatic heterocycles. The van der Waals surface area contributed by atoms with Crippen LogP contribution < -0.4 is 16.6 Å². The Morgan fingerprint density at radius 1 is 1.30 bits per heavy atom. The summed E-state index contributed by atoms with van der Waals surface area (Å²) in [4.78, 5) is 14.8. The number of hydrogen-bond donors (Lipinski definition) is 3. The van der Waals surface area contributed by atoms with Gasteiger partial charge in [0.1, 0.15) is 5.54 Å². The molecule has 2 atom stereocenters. The lowest BCUT2D eigenvalue weighted by atomic mass is 9.66. The Morgan fingerprint density at radius 3 is 2.70 bits per heavy atom. The van der Waals surface area contributed by atoms with Gasteiger partial charge in [-0.05, 0) is 37.9 Å². The highest BCUT2D eigenvalue weighted by Crippen LogP contribution is 2.47. The highest BCUT2D eigenvalue weighted by molar-refractivity contribution is 5.90. The molecule has 4 N–H and O–H groups in total. The Hall–Kier alpha value is -1.59. The number of carbonyl (C=O) groups is 1. The molecule has 3 fully saturated rings. The molecule has 5 heteroatoms. The molecule has 5 rings (SSSR count). The number of fused-ring (bicyclic) bond motifs is 4. The molecule has 0 aromatic heterocycles. The van der Waals surface area contributed by atoms with E-state index in [2.05, 4.69) is 15.8 Å². The first-order chi connectivity index (χ1) is 9.72. The van der Waals surface area contributed by atoms with Crippen LogP contribution in [0.3, 0.4) is 0 Å². The summed E-state index contributed by atoms with van der Waals surface area (Å²) in [5, 5.41) is 0. The Morgan fingerprint density at radius 2 is 2.05 bits per heavy atom. The van der Waals surface area contributed by atoms with Crippen LogP contribution in [-0.4, -0.2) is 30.4 Å². The summed E-state index contributed by atoms with van der Waals surface area (Å²) in [5.41, 5.74) is 13.5. The van der Waals surface area contributed by atoms with E-state index < -0.39 is 5.54 Å². The predicted molar refractivity (Wildman–Crippen MR) is 76.7 cm³/mol. The van der Waals surface area contributed by atoms with Crippen LogP contribution >= 0.6 is 0 Å². The third-order valence-electron chi connectivity index (χ3n) is 5.35. The average Bonchev–Trinajstić information content (AvgIpc) is 2.89. The van der Waals surface area contributed by atoms with Crippen molar-refractivity contribution in [3.63, 3.8) is 0 Å². The van der Waals surface area contributed by atoms with Crippen molar-refractivity contribution in [3.05, 3.63) is 29.8 Å². The van der Waals surface area contributed by atoms with Gasteiger partial charge >= 0.3 is 0 Å². The van der Waals surface area contributed by atoms with Gasteiger partial charge in [-0.2, -0.15) is 0 Å². The van der Waals surface area contributed by atoms with E-state index in [9.17, 15) is 4.79 Å². The van der Waals surface area contributed by atoms with Crippen molar-refractivity contribution in [1.82, 2.24) is 10.3 Å². The molecule has 0 radical (unpaired) electrons. The van der Waals surface area contributed by atoms with Gasteiger partial charge in [-0.3, -0.25) is 4.79 Å². The van der Waals surface area contributed by atoms with Crippen LogP contribution in [0.5, 0.6) is 0 Å². The zero-order valence-corrected chi connectivity index (χ0v) is 11.4. The third-order valence-corrected chi connectivity index (χ3v) is 5.35. The van der Waals surface area contributed by atoms with Crippen molar-refractivity contribution in [2.75, 3.05) is 25.1 Å². The summed E-state index contributed by atoms with van der Waals surface area (Å²) in [7, 11) is 0. The Balaban J connectivity index is 1.81. The number of anilines is 1. The van der Waals surface area contributed by atoms with Gasteiger partial charge in [0.2, 0.25) is 5.91 Å². The SMILES string of the molecule is NC(=O)C1([C@@H]2CN3CCC2CC3)NNc2ccccc21. The Labute approximate surface area is 118 Å². The quantitative estimate of drug-likeness (QED) is 0.739. The number of piperidine rings is 3. The van der Waals surface area contributed by atoms with Gasteiger partial charge in [-0.25, -0.2) is 5.43 Å². The molecule has 4 heterocycles. The van der Waals surface area contributed by atoms with E-state index in [4.69, 9.17) is 5.73 Å². The molecule has 0 saturated carbocycles. The zero-order chi connectivity index (χ0) is 13.7. The third kappa shape index (κ3) is 1.47. The van der Waals surface area contributed by atoms with Crippen molar-refractivity contribution in [3.8, 4) is 0 Å². The molecule has 106 valence electrons. The van der Waals surface area contributed by atoms with E-state index in [-0.39, 0.29) is 11.8 Å². The van der Waals surface area contributed by atoms with Crippen molar-refractivity contribution in [2.45, 2.75) is 18.4 Å².